The number of methoxy groups -OCH3 is 1. The van der Waals surface area contributed by atoms with Crippen LogP contribution in [0.4, 0.5) is 11.4 Å². The fraction of sp³-hybridized carbons (Fsp3) is 0.190. The standard InChI is InChI=1S/C21H19N3O3S2/c1-14-18(15(2)25)28-21(23(14)16-10-6-4-7-11-16)24(17-12-8-5-9-13-17)22-19(29-21)20(26)27-3/h4-13H,1-3H3/t21-/m1/s1. The Morgan fingerprint density at radius 2 is 1.55 bits per heavy atom. The predicted octanol–water partition coefficient (Wildman–Crippen LogP) is 4.41. The van der Waals surface area contributed by atoms with Gasteiger partial charge >= 0.3 is 5.97 Å². The van der Waals surface area contributed by atoms with Crippen LogP contribution in [0.15, 0.2) is 76.4 Å². The molecule has 1 atom stereocenters. The van der Waals surface area contributed by atoms with Crippen molar-refractivity contribution in [2.45, 2.75) is 18.2 Å². The smallest absolute Gasteiger partial charge is 0.365 e. The highest BCUT2D eigenvalue weighted by Gasteiger charge is 2.57. The highest BCUT2D eigenvalue weighted by molar-refractivity contribution is 8.29. The van der Waals surface area contributed by atoms with Crippen LogP contribution in [0.5, 0.6) is 0 Å². The van der Waals surface area contributed by atoms with Crippen LogP contribution in [0.2, 0.25) is 0 Å². The molecule has 0 amide bonds. The van der Waals surface area contributed by atoms with Crippen LogP contribution in [0.3, 0.4) is 0 Å². The monoisotopic (exact) mass is 425 g/mol. The van der Waals surface area contributed by atoms with E-state index in [0.29, 0.717) is 4.91 Å². The Bertz CT molecular complexity index is 1020. The van der Waals surface area contributed by atoms with Gasteiger partial charge in [-0.05, 0) is 49.9 Å². The number of ether oxygens (including phenoxy) is 1. The van der Waals surface area contributed by atoms with Crippen molar-refractivity contribution in [2.24, 2.45) is 5.10 Å². The summed E-state index contributed by atoms with van der Waals surface area (Å²) in [4.78, 5) is 27.5. The fourth-order valence-electron chi connectivity index (χ4n) is 3.33. The van der Waals surface area contributed by atoms with E-state index in [1.54, 1.807) is 11.9 Å². The molecule has 8 heteroatoms. The van der Waals surface area contributed by atoms with Crippen molar-refractivity contribution in [3.8, 4) is 0 Å². The second-order valence-electron chi connectivity index (χ2n) is 6.44. The van der Waals surface area contributed by atoms with E-state index in [1.807, 2.05) is 67.6 Å². The number of carbonyl (C=O) groups excluding carboxylic acids is 2. The predicted molar refractivity (Wildman–Crippen MR) is 119 cm³/mol. The van der Waals surface area contributed by atoms with E-state index >= 15 is 0 Å². The molecule has 2 aromatic rings. The molecule has 2 aromatic carbocycles. The first-order chi connectivity index (χ1) is 14.0. The van der Waals surface area contributed by atoms with E-state index in [4.69, 9.17) is 4.74 Å². The number of allylic oxidation sites excluding steroid dienone is 2. The number of esters is 1. The normalized spacial score (nSPS) is 21.0. The zero-order valence-corrected chi connectivity index (χ0v) is 17.8. The van der Waals surface area contributed by atoms with Crippen LogP contribution in [-0.2, 0) is 14.3 Å². The summed E-state index contributed by atoms with van der Waals surface area (Å²) in [5.41, 5.74) is 2.54. The Balaban J connectivity index is 1.91. The number of ketones is 1. The molecule has 2 aliphatic heterocycles. The van der Waals surface area contributed by atoms with Crippen LogP contribution in [0.25, 0.3) is 0 Å². The minimum Gasteiger partial charge on any atom is -0.464 e. The average Bonchev–Trinajstić information content (AvgIpc) is 3.26. The highest BCUT2D eigenvalue weighted by Crippen LogP contribution is 2.60. The fourth-order valence-corrected chi connectivity index (χ4v) is 6.31. The van der Waals surface area contributed by atoms with Gasteiger partial charge in [0.25, 0.3) is 0 Å². The molecular formula is C21H19N3O3S2. The largest absolute Gasteiger partial charge is 0.464 e. The molecule has 4 rings (SSSR count). The zero-order valence-electron chi connectivity index (χ0n) is 16.2. The van der Waals surface area contributed by atoms with Crippen molar-refractivity contribution >= 4 is 51.7 Å². The quantitative estimate of drug-likeness (QED) is 0.672. The summed E-state index contributed by atoms with van der Waals surface area (Å²) in [5, 5.41) is 6.64. The molecule has 0 N–H and O–H groups in total. The van der Waals surface area contributed by atoms with Gasteiger partial charge < -0.3 is 9.64 Å². The molecule has 0 aromatic heterocycles. The molecule has 0 aliphatic carbocycles. The van der Waals surface area contributed by atoms with Gasteiger partial charge in [0.15, 0.2) is 5.78 Å². The number of rotatable bonds is 4. The number of anilines is 2. The number of hydrogen-bond donors (Lipinski definition) is 0. The maximum absolute atomic E-state index is 12.4. The number of thioether (sulfide) groups is 2. The van der Waals surface area contributed by atoms with Crippen LogP contribution >= 0.6 is 23.5 Å². The van der Waals surface area contributed by atoms with Crippen LogP contribution in [-0.4, -0.2) is 28.2 Å². The summed E-state index contributed by atoms with van der Waals surface area (Å²) in [7, 11) is 1.34. The van der Waals surface area contributed by atoms with E-state index in [0.717, 1.165) is 17.1 Å². The molecule has 148 valence electrons. The lowest BCUT2D eigenvalue weighted by Crippen LogP contribution is -2.49. The van der Waals surface area contributed by atoms with Crippen molar-refractivity contribution in [1.82, 2.24) is 0 Å². The van der Waals surface area contributed by atoms with Crippen molar-refractivity contribution in [1.29, 1.82) is 0 Å². The number of para-hydroxylation sites is 2. The third kappa shape index (κ3) is 3.22. The summed E-state index contributed by atoms with van der Waals surface area (Å²) in [6.07, 6.45) is 0. The lowest BCUT2D eigenvalue weighted by molar-refractivity contribution is -0.132. The molecule has 0 saturated heterocycles. The van der Waals surface area contributed by atoms with E-state index in [2.05, 4.69) is 10.0 Å². The molecule has 0 fully saturated rings. The molecular weight excluding hydrogens is 406 g/mol. The average molecular weight is 426 g/mol. The van der Waals surface area contributed by atoms with Crippen molar-refractivity contribution in [2.75, 3.05) is 17.0 Å². The van der Waals surface area contributed by atoms with E-state index in [9.17, 15) is 9.59 Å². The van der Waals surface area contributed by atoms with E-state index in [-0.39, 0.29) is 10.8 Å². The van der Waals surface area contributed by atoms with Crippen molar-refractivity contribution < 1.29 is 14.3 Å². The molecule has 0 bridgehead atoms. The molecule has 0 saturated carbocycles. The van der Waals surface area contributed by atoms with Gasteiger partial charge in [0, 0.05) is 11.4 Å². The van der Waals surface area contributed by atoms with E-state index < -0.39 is 10.3 Å². The SMILES string of the molecule is COC(=O)C1=NN(c2ccccc2)[C@@]2(S1)SC(C(C)=O)=C(C)N2c1ccccc1. The first-order valence-corrected chi connectivity index (χ1v) is 10.6. The Morgan fingerprint density at radius 3 is 2.10 bits per heavy atom. The second-order valence-corrected chi connectivity index (χ2v) is 9.04. The first kappa shape index (κ1) is 19.6. The molecule has 0 radical (unpaired) electrons. The third-order valence-corrected chi connectivity index (χ3v) is 7.54. The third-order valence-electron chi connectivity index (χ3n) is 4.56. The molecule has 0 unspecified atom stereocenters. The van der Waals surface area contributed by atoms with Gasteiger partial charge in [0.1, 0.15) is 0 Å². The summed E-state index contributed by atoms with van der Waals surface area (Å²) in [6, 6.07) is 19.4. The maximum Gasteiger partial charge on any atom is 0.365 e. The number of hydrazone groups is 1. The Labute approximate surface area is 177 Å². The van der Waals surface area contributed by atoms with Crippen LogP contribution in [0, 0.1) is 0 Å². The lowest BCUT2D eigenvalue weighted by Gasteiger charge is -2.41. The Morgan fingerprint density at radius 1 is 0.966 bits per heavy atom. The lowest BCUT2D eigenvalue weighted by atomic mass is 10.2. The number of carbonyl (C=O) groups is 2. The topological polar surface area (TPSA) is 62.2 Å². The molecule has 2 aliphatic rings. The number of Topliss-reactive ketones (excluding diaryl/α,β-unsaturated/α-hetero) is 1. The van der Waals surface area contributed by atoms with Gasteiger partial charge in [0.05, 0.1) is 17.7 Å². The minimum absolute atomic E-state index is 0.0227. The Hall–Kier alpha value is -2.71. The van der Waals surface area contributed by atoms with Crippen molar-refractivity contribution in [3.63, 3.8) is 0 Å². The van der Waals surface area contributed by atoms with Crippen molar-refractivity contribution in [3.05, 3.63) is 71.3 Å². The summed E-state index contributed by atoms with van der Waals surface area (Å²) < 4.78 is 4.05. The summed E-state index contributed by atoms with van der Waals surface area (Å²) in [6.45, 7) is 3.48. The minimum atomic E-state index is -0.892. The van der Waals surface area contributed by atoms with Gasteiger partial charge in [-0.3, -0.25) is 4.79 Å². The molecule has 6 nitrogen and oxygen atoms in total. The Kier molecular flexibility index (Phi) is 5.14. The summed E-state index contributed by atoms with van der Waals surface area (Å²) in [5.74, 6) is -0.527. The highest BCUT2D eigenvalue weighted by atomic mass is 32.2. The van der Waals surface area contributed by atoms with Gasteiger partial charge in [0.2, 0.25) is 9.37 Å². The molecule has 1 spiro atoms. The van der Waals surface area contributed by atoms with Crippen LogP contribution in [0.1, 0.15) is 13.8 Å². The zero-order chi connectivity index (χ0) is 20.6. The van der Waals surface area contributed by atoms with Crippen LogP contribution < -0.4 is 9.91 Å². The number of hydrogen-bond acceptors (Lipinski definition) is 8. The maximum atomic E-state index is 12.4. The summed E-state index contributed by atoms with van der Waals surface area (Å²) >= 11 is 2.68. The number of nitrogens with zero attached hydrogens (tertiary/aromatic N) is 3. The van der Waals surface area contributed by atoms with Gasteiger partial charge in [-0.15, -0.1) is 0 Å². The van der Waals surface area contributed by atoms with Gasteiger partial charge in [-0.2, -0.15) is 5.10 Å². The van der Waals surface area contributed by atoms with Gasteiger partial charge in [-0.1, -0.05) is 48.2 Å². The molecule has 2 heterocycles. The number of benzene rings is 2. The van der Waals surface area contributed by atoms with E-state index in [1.165, 1.54) is 30.6 Å². The second kappa shape index (κ2) is 7.61. The molecule has 29 heavy (non-hydrogen) atoms. The van der Waals surface area contributed by atoms with Gasteiger partial charge in [-0.25, -0.2) is 9.80 Å². The first-order valence-electron chi connectivity index (χ1n) is 8.95.